The maximum Gasteiger partial charge on any atom is 0.345 e. The predicted octanol–water partition coefficient (Wildman–Crippen LogP) is 2.14. The van der Waals surface area contributed by atoms with E-state index in [4.69, 9.17) is 9.47 Å². The molecule has 3 fully saturated rings. The average molecular weight is 294 g/mol. The van der Waals surface area contributed by atoms with Crippen molar-refractivity contribution < 1.29 is 23.8 Å². The Labute approximate surface area is 124 Å². The Morgan fingerprint density at radius 1 is 1.19 bits per heavy atom. The molecular weight excluding hydrogens is 272 g/mol. The zero-order valence-electron chi connectivity index (χ0n) is 12.4. The first-order chi connectivity index (χ1) is 10.1. The van der Waals surface area contributed by atoms with Gasteiger partial charge in [0, 0.05) is 5.92 Å². The van der Waals surface area contributed by atoms with Crippen LogP contribution in [0.25, 0.3) is 0 Å². The van der Waals surface area contributed by atoms with Gasteiger partial charge in [0.15, 0.2) is 0 Å². The second-order valence-corrected chi connectivity index (χ2v) is 6.35. The van der Waals surface area contributed by atoms with Gasteiger partial charge in [0.25, 0.3) is 0 Å². The van der Waals surface area contributed by atoms with E-state index >= 15 is 0 Å². The summed E-state index contributed by atoms with van der Waals surface area (Å²) >= 11 is 0. The maximum atomic E-state index is 12.2. The minimum atomic E-state index is -0.725. The van der Waals surface area contributed by atoms with Gasteiger partial charge >= 0.3 is 11.9 Å². The summed E-state index contributed by atoms with van der Waals surface area (Å²) in [5.74, 6) is -1.11. The SMILES string of the molecule is C=C(C(=O)OC)C(=O)OC1(C2CC3CCC2O3)CCCC1. The molecule has 21 heavy (non-hydrogen) atoms. The Balaban J connectivity index is 1.74. The average Bonchev–Trinajstić information content (AvgIpc) is 3.21. The zero-order chi connectivity index (χ0) is 15.0. The smallest absolute Gasteiger partial charge is 0.345 e. The molecule has 116 valence electrons. The lowest BCUT2D eigenvalue weighted by atomic mass is 9.75. The van der Waals surface area contributed by atoms with Gasteiger partial charge in [-0.2, -0.15) is 0 Å². The van der Waals surface area contributed by atoms with Crippen LogP contribution in [0, 0.1) is 5.92 Å². The highest BCUT2D eigenvalue weighted by Crippen LogP contribution is 2.51. The van der Waals surface area contributed by atoms with Crippen LogP contribution < -0.4 is 0 Å². The molecule has 0 aromatic heterocycles. The fourth-order valence-electron chi connectivity index (χ4n) is 4.17. The van der Waals surface area contributed by atoms with Crippen LogP contribution in [-0.2, 0) is 23.8 Å². The van der Waals surface area contributed by atoms with Crippen LogP contribution in [0.3, 0.4) is 0 Å². The van der Waals surface area contributed by atoms with E-state index < -0.39 is 17.5 Å². The van der Waals surface area contributed by atoms with E-state index in [1.807, 2.05) is 0 Å². The molecule has 3 rings (SSSR count). The summed E-state index contributed by atoms with van der Waals surface area (Å²) in [7, 11) is 1.23. The van der Waals surface area contributed by atoms with Crippen LogP contribution in [0.5, 0.6) is 0 Å². The number of fused-ring (bicyclic) bond motifs is 2. The highest BCUT2D eigenvalue weighted by Gasteiger charge is 2.55. The molecule has 3 aliphatic rings. The summed E-state index contributed by atoms with van der Waals surface area (Å²) < 4.78 is 16.3. The molecule has 3 unspecified atom stereocenters. The molecule has 0 radical (unpaired) electrons. The van der Waals surface area contributed by atoms with Gasteiger partial charge in [0.2, 0.25) is 0 Å². The van der Waals surface area contributed by atoms with Crippen molar-refractivity contribution in [3.8, 4) is 0 Å². The summed E-state index contributed by atoms with van der Waals surface area (Å²) in [5, 5.41) is 0. The van der Waals surface area contributed by atoms with Crippen molar-refractivity contribution in [2.75, 3.05) is 7.11 Å². The van der Waals surface area contributed by atoms with Crippen LogP contribution in [0.15, 0.2) is 12.2 Å². The van der Waals surface area contributed by atoms with Crippen LogP contribution in [0.2, 0.25) is 0 Å². The largest absolute Gasteiger partial charge is 0.465 e. The van der Waals surface area contributed by atoms with Crippen molar-refractivity contribution in [3.05, 3.63) is 12.2 Å². The number of methoxy groups -OCH3 is 1. The molecule has 2 aliphatic heterocycles. The van der Waals surface area contributed by atoms with E-state index in [-0.39, 0.29) is 17.6 Å². The van der Waals surface area contributed by atoms with E-state index in [9.17, 15) is 9.59 Å². The highest BCUT2D eigenvalue weighted by atomic mass is 16.6. The minimum absolute atomic E-state index is 0.201. The monoisotopic (exact) mass is 294 g/mol. The Bertz CT molecular complexity index is 463. The molecule has 5 nitrogen and oxygen atoms in total. The molecule has 0 amide bonds. The van der Waals surface area contributed by atoms with Gasteiger partial charge in [-0.3, -0.25) is 0 Å². The first-order valence-corrected chi connectivity index (χ1v) is 7.72. The van der Waals surface area contributed by atoms with E-state index in [1.165, 1.54) is 7.11 Å². The van der Waals surface area contributed by atoms with E-state index in [2.05, 4.69) is 11.3 Å². The van der Waals surface area contributed by atoms with Crippen molar-refractivity contribution in [1.82, 2.24) is 0 Å². The van der Waals surface area contributed by atoms with Crippen molar-refractivity contribution >= 4 is 11.9 Å². The lowest BCUT2D eigenvalue weighted by molar-refractivity contribution is -0.165. The summed E-state index contributed by atoms with van der Waals surface area (Å²) in [5.41, 5.74) is -0.707. The first kappa shape index (κ1) is 14.6. The third kappa shape index (κ3) is 2.48. The fraction of sp³-hybridized carbons (Fsp3) is 0.750. The first-order valence-electron chi connectivity index (χ1n) is 7.72. The lowest BCUT2D eigenvalue weighted by Gasteiger charge is -2.38. The van der Waals surface area contributed by atoms with Gasteiger partial charge in [-0.15, -0.1) is 0 Å². The van der Waals surface area contributed by atoms with E-state index in [0.717, 1.165) is 44.9 Å². The number of ether oxygens (including phenoxy) is 3. The normalized spacial score (nSPS) is 32.9. The van der Waals surface area contributed by atoms with Crippen molar-refractivity contribution in [1.29, 1.82) is 0 Å². The van der Waals surface area contributed by atoms with Crippen molar-refractivity contribution in [2.45, 2.75) is 62.8 Å². The Morgan fingerprint density at radius 3 is 2.43 bits per heavy atom. The lowest BCUT2D eigenvalue weighted by Crippen LogP contribution is -2.45. The molecule has 0 N–H and O–H groups in total. The van der Waals surface area contributed by atoms with Crippen LogP contribution in [-0.4, -0.2) is 36.9 Å². The van der Waals surface area contributed by atoms with E-state index in [0.29, 0.717) is 6.10 Å². The number of hydrogen-bond acceptors (Lipinski definition) is 5. The van der Waals surface area contributed by atoms with Gasteiger partial charge in [-0.1, -0.05) is 6.58 Å². The Hall–Kier alpha value is -1.36. The predicted molar refractivity (Wildman–Crippen MR) is 74.4 cm³/mol. The number of carbonyl (C=O) groups excluding carboxylic acids is 2. The topological polar surface area (TPSA) is 61.8 Å². The van der Waals surface area contributed by atoms with Crippen molar-refractivity contribution in [3.63, 3.8) is 0 Å². The summed E-state index contributed by atoms with van der Waals surface area (Å²) in [6.45, 7) is 3.49. The molecular formula is C16H22O5. The maximum absolute atomic E-state index is 12.2. The highest BCUT2D eigenvalue weighted by molar-refractivity contribution is 6.13. The zero-order valence-corrected chi connectivity index (χ0v) is 12.4. The number of esters is 2. The van der Waals surface area contributed by atoms with Gasteiger partial charge in [0.05, 0.1) is 19.3 Å². The van der Waals surface area contributed by atoms with E-state index in [1.54, 1.807) is 0 Å². The van der Waals surface area contributed by atoms with Crippen LogP contribution >= 0.6 is 0 Å². The number of carbonyl (C=O) groups is 2. The molecule has 1 saturated carbocycles. The molecule has 0 spiro atoms. The molecule has 2 saturated heterocycles. The third-order valence-electron chi connectivity index (χ3n) is 5.21. The summed E-state index contributed by atoms with van der Waals surface area (Å²) in [6, 6.07) is 0. The van der Waals surface area contributed by atoms with Gasteiger partial charge in [-0.25, -0.2) is 9.59 Å². The Kier molecular flexibility index (Phi) is 3.78. The quantitative estimate of drug-likeness (QED) is 0.344. The standard InChI is InChI=1S/C16H22O5/c1-10(14(17)19-2)15(18)21-16(7-3-4-8-16)12-9-11-5-6-13(12)20-11/h11-13H,1,3-9H2,2H3. The number of hydrogen-bond donors (Lipinski definition) is 0. The second-order valence-electron chi connectivity index (χ2n) is 6.35. The van der Waals surface area contributed by atoms with Gasteiger partial charge in [0.1, 0.15) is 11.2 Å². The fourth-order valence-corrected chi connectivity index (χ4v) is 4.17. The molecule has 5 heteroatoms. The third-order valence-corrected chi connectivity index (χ3v) is 5.21. The Morgan fingerprint density at radius 2 is 1.90 bits per heavy atom. The van der Waals surface area contributed by atoms with Crippen LogP contribution in [0.1, 0.15) is 44.9 Å². The molecule has 3 atom stereocenters. The van der Waals surface area contributed by atoms with Gasteiger partial charge in [-0.05, 0) is 44.9 Å². The molecule has 0 aromatic carbocycles. The molecule has 1 aliphatic carbocycles. The summed E-state index contributed by atoms with van der Waals surface area (Å²) in [4.78, 5) is 23.6. The van der Waals surface area contributed by atoms with Crippen molar-refractivity contribution in [2.24, 2.45) is 5.92 Å². The number of rotatable bonds is 4. The molecule has 2 bridgehead atoms. The second kappa shape index (κ2) is 5.44. The summed E-state index contributed by atoms with van der Waals surface area (Å²) in [6.07, 6.45) is 7.44. The van der Waals surface area contributed by atoms with Gasteiger partial charge < -0.3 is 14.2 Å². The van der Waals surface area contributed by atoms with Crippen LogP contribution in [0.4, 0.5) is 0 Å². The molecule has 2 heterocycles. The molecule has 0 aromatic rings. The minimum Gasteiger partial charge on any atom is -0.465 e.